The van der Waals surface area contributed by atoms with Crippen molar-refractivity contribution in [2.24, 2.45) is 0 Å². The second kappa shape index (κ2) is 13.8. The predicted octanol–water partition coefficient (Wildman–Crippen LogP) is 9.26. The lowest BCUT2D eigenvalue weighted by Crippen LogP contribution is -2.33. The summed E-state index contributed by atoms with van der Waals surface area (Å²) in [6.45, 7) is 2.29. The predicted molar refractivity (Wildman–Crippen MR) is 151 cm³/mol. The van der Waals surface area contributed by atoms with Gasteiger partial charge >= 0.3 is 0 Å². The molecule has 3 aromatic carbocycles. The van der Waals surface area contributed by atoms with Crippen LogP contribution in [0.25, 0.3) is 5.70 Å². The van der Waals surface area contributed by atoms with E-state index in [1.54, 1.807) is 0 Å². The zero-order valence-corrected chi connectivity index (χ0v) is 21.5. The zero-order valence-electron chi connectivity index (χ0n) is 21.5. The summed E-state index contributed by atoms with van der Waals surface area (Å²) < 4.78 is 0. The van der Waals surface area contributed by atoms with E-state index in [0.29, 0.717) is 0 Å². The number of rotatable bonds is 14. The fraction of sp³-hybridized carbons (Fsp3) is 0.394. The maximum Gasteiger partial charge on any atom is 0.0958 e. The smallest absolute Gasteiger partial charge is 0.0958 e. The third kappa shape index (κ3) is 7.49. The van der Waals surface area contributed by atoms with E-state index in [0.717, 1.165) is 0 Å². The van der Waals surface area contributed by atoms with Crippen molar-refractivity contribution in [2.45, 2.75) is 83.6 Å². The van der Waals surface area contributed by atoms with Gasteiger partial charge in [-0.3, -0.25) is 10.4 Å². The van der Waals surface area contributed by atoms with E-state index >= 15 is 0 Å². The number of hydrogen-bond acceptors (Lipinski definition) is 2. The molecule has 1 unspecified atom stereocenters. The van der Waals surface area contributed by atoms with Crippen molar-refractivity contribution in [2.75, 3.05) is 5.01 Å². The molecule has 2 heteroatoms. The topological polar surface area (TPSA) is 15.3 Å². The van der Waals surface area contributed by atoms with Crippen LogP contribution in [0.2, 0.25) is 0 Å². The van der Waals surface area contributed by atoms with Gasteiger partial charge in [0.05, 0.1) is 17.4 Å². The van der Waals surface area contributed by atoms with E-state index in [-0.39, 0.29) is 6.04 Å². The molecule has 0 saturated carbocycles. The highest BCUT2D eigenvalue weighted by atomic mass is 15.5. The van der Waals surface area contributed by atoms with Gasteiger partial charge in [0.2, 0.25) is 0 Å². The maximum absolute atomic E-state index is 3.67. The molecule has 184 valence electrons. The number of hydrazine groups is 1. The zero-order chi connectivity index (χ0) is 24.1. The molecule has 0 radical (unpaired) electrons. The molecule has 3 aromatic rings. The minimum absolute atomic E-state index is 0.167. The number of unbranched alkanes of at least 4 members (excludes halogenated alkanes) is 9. The molecule has 1 aliphatic heterocycles. The fourth-order valence-electron chi connectivity index (χ4n) is 5.01. The summed E-state index contributed by atoms with van der Waals surface area (Å²) in [5.74, 6) is 0. The van der Waals surface area contributed by atoms with Crippen LogP contribution in [0.4, 0.5) is 5.69 Å². The monoisotopic (exact) mass is 466 g/mol. The van der Waals surface area contributed by atoms with Crippen LogP contribution in [0.3, 0.4) is 0 Å². The summed E-state index contributed by atoms with van der Waals surface area (Å²) in [5, 5.41) is 2.27. The molecule has 4 rings (SSSR count). The van der Waals surface area contributed by atoms with E-state index in [2.05, 4.69) is 108 Å². The molecule has 0 aliphatic carbocycles. The summed E-state index contributed by atoms with van der Waals surface area (Å²) in [6, 6.07) is 30.7. The van der Waals surface area contributed by atoms with Crippen molar-refractivity contribution in [1.82, 2.24) is 5.43 Å². The molecule has 0 aromatic heterocycles. The van der Waals surface area contributed by atoms with E-state index in [4.69, 9.17) is 0 Å². The number of benzene rings is 3. The Morgan fingerprint density at radius 3 is 1.83 bits per heavy atom. The van der Waals surface area contributed by atoms with Crippen molar-refractivity contribution >= 4 is 11.4 Å². The van der Waals surface area contributed by atoms with E-state index < -0.39 is 0 Å². The van der Waals surface area contributed by atoms with Gasteiger partial charge in [0.25, 0.3) is 0 Å². The van der Waals surface area contributed by atoms with Gasteiger partial charge < -0.3 is 0 Å². The van der Waals surface area contributed by atoms with Crippen LogP contribution in [0, 0.1) is 0 Å². The largest absolute Gasteiger partial charge is 0.297 e. The Bertz CT molecular complexity index is 1010. The molecule has 0 saturated heterocycles. The standard InChI is InChI=1S/C33H42N2/c1-2-3-4-5-6-7-8-9-10-13-18-28-23-25-29(26-24-28)32-27-33(30-19-14-11-15-20-30)35(34-32)31-21-16-12-17-22-31/h11-12,14-17,19-27,33-34H,2-10,13,18H2,1H3. The van der Waals surface area contributed by atoms with Crippen LogP contribution in [0.15, 0.2) is 91.0 Å². The van der Waals surface area contributed by atoms with Crippen LogP contribution < -0.4 is 10.4 Å². The number of nitrogens with zero attached hydrogens (tertiary/aromatic N) is 1. The number of hydrogen-bond donors (Lipinski definition) is 1. The van der Waals surface area contributed by atoms with Gasteiger partial charge in [0.1, 0.15) is 0 Å². The molecular formula is C33H42N2. The van der Waals surface area contributed by atoms with Gasteiger partial charge in [-0.2, -0.15) is 0 Å². The van der Waals surface area contributed by atoms with E-state index in [9.17, 15) is 0 Å². The SMILES string of the molecule is CCCCCCCCCCCCc1ccc(C2=CC(c3ccccc3)N(c3ccccc3)N2)cc1. The lowest BCUT2D eigenvalue weighted by Gasteiger charge is -2.27. The second-order valence-electron chi connectivity index (χ2n) is 9.88. The summed E-state index contributed by atoms with van der Waals surface area (Å²) in [5.41, 5.74) is 10.0. The number of para-hydroxylation sites is 1. The highest BCUT2D eigenvalue weighted by Crippen LogP contribution is 2.34. The lowest BCUT2D eigenvalue weighted by atomic mass is 10.0. The van der Waals surface area contributed by atoms with Crippen LogP contribution in [-0.4, -0.2) is 0 Å². The average Bonchev–Trinajstić information content (AvgIpc) is 3.37. The number of anilines is 1. The molecule has 1 atom stereocenters. The molecule has 0 amide bonds. The number of aryl methyl sites for hydroxylation is 1. The molecule has 1 aliphatic rings. The Morgan fingerprint density at radius 2 is 1.20 bits per heavy atom. The molecule has 2 nitrogen and oxygen atoms in total. The molecule has 0 bridgehead atoms. The minimum Gasteiger partial charge on any atom is -0.297 e. The molecule has 1 N–H and O–H groups in total. The van der Waals surface area contributed by atoms with Gasteiger partial charge in [0, 0.05) is 0 Å². The first-order valence-electron chi connectivity index (χ1n) is 13.8. The fourth-order valence-corrected chi connectivity index (χ4v) is 5.01. The third-order valence-corrected chi connectivity index (χ3v) is 7.10. The van der Waals surface area contributed by atoms with Gasteiger partial charge in [0.15, 0.2) is 0 Å². The quantitative estimate of drug-likeness (QED) is 0.238. The lowest BCUT2D eigenvalue weighted by molar-refractivity contribution is 0.556. The van der Waals surface area contributed by atoms with Crippen molar-refractivity contribution in [3.05, 3.63) is 108 Å². The normalized spacial score (nSPS) is 15.2. The Morgan fingerprint density at radius 1 is 0.629 bits per heavy atom. The van der Waals surface area contributed by atoms with Crippen molar-refractivity contribution in [3.8, 4) is 0 Å². The van der Waals surface area contributed by atoms with Gasteiger partial charge in [-0.25, -0.2) is 0 Å². The molecular weight excluding hydrogens is 424 g/mol. The summed E-state index contributed by atoms with van der Waals surface area (Å²) in [7, 11) is 0. The highest BCUT2D eigenvalue weighted by molar-refractivity contribution is 5.72. The van der Waals surface area contributed by atoms with Gasteiger partial charge in [-0.1, -0.05) is 138 Å². The third-order valence-electron chi connectivity index (χ3n) is 7.10. The summed E-state index contributed by atoms with van der Waals surface area (Å²) in [4.78, 5) is 0. The molecule has 0 fully saturated rings. The van der Waals surface area contributed by atoms with Crippen LogP contribution in [0.1, 0.15) is 93.9 Å². The summed E-state index contributed by atoms with van der Waals surface area (Å²) in [6.07, 6.45) is 17.4. The van der Waals surface area contributed by atoms with Gasteiger partial charge in [-0.05, 0) is 47.7 Å². The molecule has 35 heavy (non-hydrogen) atoms. The highest BCUT2D eigenvalue weighted by Gasteiger charge is 2.26. The first kappa shape index (κ1) is 25.1. The first-order valence-corrected chi connectivity index (χ1v) is 13.8. The molecule has 1 heterocycles. The first-order chi connectivity index (χ1) is 17.3. The maximum atomic E-state index is 3.67. The second-order valence-corrected chi connectivity index (χ2v) is 9.88. The van der Waals surface area contributed by atoms with Crippen molar-refractivity contribution in [1.29, 1.82) is 0 Å². The van der Waals surface area contributed by atoms with E-state index in [1.165, 1.54) is 98.7 Å². The van der Waals surface area contributed by atoms with Crippen molar-refractivity contribution < 1.29 is 0 Å². The van der Waals surface area contributed by atoms with Crippen LogP contribution in [0.5, 0.6) is 0 Å². The Hall–Kier alpha value is -3.00. The average molecular weight is 467 g/mol. The minimum atomic E-state index is 0.167. The summed E-state index contributed by atoms with van der Waals surface area (Å²) >= 11 is 0. The Balaban J connectivity index is 1.28. The Labute approximate surface area is 213 Å². The van der Waals surface area contributed by atoms with Gasteiger partial charge in [-0.15, -0.1) is 0 Å². The van der Waals surface area contributed by atoms with E-state index in [1.807, 2.05) is 0 Å². The molecule has 0 spiro atoms. The Kier molecular flexibility index (Phi) is 9.88. The van der Waals surface area contributed by atoms with Crippen LogP contribution in [-0.2, 0) is 6.42 Å². The van der Waals surface area contributed by atoms with Crippen LogP contribution >= 0.6 is 0 Å². The number of nitrogens with one attached hydrogen (secondary N) is 1. The van der Waals surface area contributed by atoms with Crippen molar-refractivity contribution in [3.63, 3.8) is 0 Å².